The number of fused-ring (bicyclic) bond motifs is 3. The maximum atomic E-state index is 4.54. The highest BCUT2D eigenvalue weighted by molar-refractivity contribution is 5.80. The molecule has 5 nitrogen and oxygen atoms in total. The molecule has 4 heterocycles. The van der Waals surface area contributed by atoms with Crippen molar-refractivity contribution in [1.29, 1.82) is 0 Å². The van der Waals surface area contributed by atoms with Crippen LogP contribution in [-0.4, -0.2) is 86.1 Å². The molecule has 2 bridgehead atoms. The van der Waals surface area contributed by atoms with E-state index in [2.05, 4.69) is 55.3 Å². The van der Waals surface area contributed by atoms with Crippen molar-refractivity contribution in [2.45, 2.75) is 18.4 Å². The van der Waals surface area contributed by atoms with Crippen molar-refractivity contribution in [3.8, 4) is 0 Å². The SMILES string of the molecule is CN=C(NCC1CN2CCN1CC2)N1CCC(c2ccccc2)C1. The minimum absolute atomic E-state index is 0.630. The first-order valence-corrected chi connectivity index (χ1v) is 9.30. The Labute approximate surface area is 145 Å². The minimum Gasteiger partial charge on any atom is -0.355 e. The van der Waals surface area contributed by atoms with Crippen molar-refractivity contribution in [3.05, 3.63) is 35.9 Å². The average Bonchev–Trinajstić information content (AvgIpc) is 3.14. The van der Waals surface area contributed by atoms with Crippen LogP contribution in [0.5, 0.6) is 0 Å². The number of piperazine rings is 3. The standard InChI is InChI=1S/C19H29N5/c1-20-19(21-13-18-15-22-9-11-23(18)12-10-22)24-8-7-17(14-24)16-5-3-2-4-6-16/h2-6,17-18H,7-15H2,1H3,(H,20,21). The van der Waals surface area contributed by atoms with Crippen molar-refractivity contribution >= 4 is 5.96 Å². The molecule has 4 fully saturated rings. The van der Waals surface area contributed by atoms with E-state index in [1.165, 1.54) is 44.7 Å². The van der Waals surface area contributed by atoms with Crippen LogP contribution in [0.2, 0.25) is 0 Å². The van der Waals surface area contributed by atoms with E-state index < -0.39 is 0 Å². The van der Waals surface area contributed by atoms with E-state index in [-0.39, 0.29) is 0 Å². The van der Waals surface area contributed by atoms with Gasteiger partial charge in [0.05, 0.1) is 0 Å². The van der Waals surface area contributed by atoms with Gasteiger partial charge in [0.2, 0.25) is 0 Å². The van der Waals surface area contributed by atoms with Crippen molar-refractivity contribution in [2.24, 2.45) is 4.99 Å². The first kappa shape index (κ1) is 15.9. The van der Waals surface area contributed by atoms with Crippen LogP contribution in [0.25, 0.3) is 0 Å². The van der Waals surface area contributed by atoms with Gasteiger partial charge in [-0.05, 0) is 12.0 Å². The summed E-state index contributed by atoms with van der Waals surface area (Å²) >= 11 is 0. The Morgan fingerprint density at radius 2 is 1.88 bits per heavy atom. The van der Waals surface area contributed by atoms with Crippen LogP contribution in [0.15, 0.2) is 35.3 Å². The third-order valence-corrected chi connectivity index (χ3v) is 5.86. The molecule has 4 aliphatic heterocycles. The fourth-order valence-electron chi connectivity index (χ4n) is 4.41. The Balaban J connectivity index is 1.32. The Hall–Kier alpha value is -1.59. The van der Waals surface area contributed by atoms with Crippen molar-refractivity contribution in [2.75, 3.05) is 59.4 Å². The quantitative estimate of drug-likeness (QED) is 0.665. The monoisotopic (exact) mass is 327 g/mol. The predicted molar refractivity (Wildman–Crippen MR) is 98.5 cm³/mol. The van der Waals surface area contributed by atoms with Crippen LogP contribution in [0, 0.1) is 0 Å². The molecule has 0 amide bonds. The van der Waals surface area contributed by atoms with Gasteiger partial charge in [-0.15, -0.1) is 0 Å². The van der Waals surface area contributed by atoms with Gasteiger partial charge < -0.3 is 10.2 Å². The maximum absolute atomic E-state index is 4.54. The molecule has 24 heavy (non-hydrogen) atoms. The second kappa shape index (κ2) is 7.11. The van der Waals surface area contributed by atoms with Gasteiger partial charge in [-0.25, -0.2) is 0 Å². The zero-order valence-corrected chi connectivity index (χ0v) is 14.7. The van der Waals surface area contributed by atoms with Crippen LogP contribution < -0.4 is 5.32 Å². The summed E-state index contributed by atoms with van der Waals surface area (Å²) in [6, 6.07) is 11.5. The molecule has 2 atom stereocenters. The van der Waals surface area contributed by atoms with Gasteiger partial charge in [0.25, 0.3) is 0 Å². The number of hydrogen-bond donors (Lipinski definition) is 1. The van der Waals surface area contributed by atoms with Crippen LogP contribution in [0.3, 0.4) is 0 Å². The number of aliphatic imine (C=N–C) groups is 1. The van der Waals surface area contributed by atoms with Crippen molar-refractivity contribution < 1.29 is 0 Å². The van der Waals surface area contributed by atoms with Crippen LogP contribution in [0.1, 0.15) is 17.9 Å². The molecule has 1 aromatic rings. The molecule has 5 heteroatoms. The molecule has 0 spiro atoms. The van der Waals surface area contributed by atoms with Gasteiger partial charge in [0.1, 0.15) is 0 Å². The van der Waals surface area contributed by atoms with E-state index in [9.17, 15) is 0 Å². The predicted octanol–water partition coefficient (Wildman–Crippen LogP) is 1.05. The lowest BCUT2D eigenvalue weighted by Gasteiger charge is -2.47. The molecule has 0 saturated carbocycles. The van der Waals surface area contributed by atoms with Gasteiger partial charge in [-0.3, -0.25) is 14.8 Å². The summed E-state index contributed by atoms with van der Waals surface area (Å²) in [4.78, 5) is 12.2. The molecule has 0 aromatic heterocycles. The summed E-state index contributed by atoms with van der Waals surface area (Å²) in [6.45, 7) is 9.33. The summed E-state index contributed by atoms with van der Waals surface area (Å²) in [7, 11) is 1.91. The first-order valence-electron chi connectivity index (χ1n) is 9.30. The maximum Gasteiger partial charge on any atom is 0.193 e. The minimum atomic E-state index is 0.630. The Bertz CT molecular complexity index is 564. The fraction of sp³-hybridized carbons (Fsp3) is 0.632. The van der Waals surface area contributed by atoms with E-state index in [4.69, 9.17) is 0 Å². The second-order valence-electron chi connectivity index (χ2n) is 7.26. The van der Waals surface area contributed by atoms with E-state index in [0.29, 0.717) is 12.0 Å². The summed E-state index contributed by atoms with van der Waals surface area (Å²) in [5, 5.41) is 3.65. The molecule has 1 aromatic carbocycles. The molecule has 5 rings (SSSR count). The molecule has 1 N–H and O–H groups in total. The normalized spacial score (nSPS) is 33.0. The largest absolute Gasteiger partial charge is 0.355 e. The van der Waals surface area contributed by atoms with Gasteiger partial charge in [-0.1, -0.05) is 30.3 Å². The van der Waals surface area contributed by atoms with Gasteiger partial charge in [0.15, 0.2) is 5.96 Å². The Morgan fingerprint density at radius 1 is 1.08 bits per heavy atom. The highest BCUT2D eigenvalue weighted by Crippen LogP contribution is 2.26. The van der Waals surface area contributed by atoms with Gasteiger partial charge >= 0.3 is 0 Å². The number of rotatable bonds is 3. The number of hydrogen-bond acceptors (Lipinski definition) is 3. The average molecular weight is 327 g/mol. The topological polar surface area (TPSA) is 34.1 Å². The Morgan fingerprint density at radius 3 is 2.54 bits per heavy atom. The highest BCUT2D eigenvalue weighted by Gasteiger charge is 2.32. The summed E-state index contributed by atoms with van der Waals surface area (Å²) in [5.41, 5.74) is 1.46. The third-order valence-electron chi connectivity index (χ3n) is 5.86. The van der Waals surface area contributed by atoms with Crippen molar-refractivity contribution in [1.82, 2.24) is 20.0 Å². The van der Waals surface area contributed by atoms with Gasteiger partial charge in [0, 0.05) is 71.4 Å². The number of nitrogens with zero attached hydrogens (tertiary/aromatic N) is 4. The molecule has 4 saturated heterocycles. The van der Waals surface area contributed by atoms with Crippen LogP contribution in [-0.2, 0) is 0 Å². The van der Waals surface area contributed by atoms with E-state index in [1.54, 1.807) is 0 Å². The lowest BCUT2D eigenvalue weighted by molar-refractivity contribution is 0.0152. The fourth-order valence-corrected chi connectivity index (χ4v) is 4.41. The lowest BCUT2D eigenvalue weighted by atomic mass is 9.99. The van der Waals surface area contributed by atoms with E-state index in [0.717, 1.165) is 25.6 Å². The van der Waals surface area contributed by atoms with Crippen molar-refractivity contribution in [3.63, 3.8) is 0 Å². The molecular formula is C19H29N5. The van der Waals surface area contributed by atoms with E-state index >= 15 is 0 Å². The zero-order chi connectivity index (χ0) is 16.4. The third kappa shape index (κ3) is 3.28. The first-order chi connectivity index (χ1) is 11.8. The molecule has 4 aliphatic rings. The summed E-state index contributed by atoms with van der Waals surface area (Å²) < 4.78 is 0. The zero-order valence-electron chi connectivity index (χ0n) is 14.7. The highest BCUT2D eigenvalue weighted by atomic mass is 15.4. The molecule has 2 unspecified atom stereocenters. The number of likely N-dealkylation sites (tertiary alicyclic amines) is 1. The molecule has 0 aliphatic carbocycles. The number of guanidine groups is 1. The number of benzene rings is 1. The summed E-state index contributed by atoms with van der Waals surface area (Å²) in [6.07, 6.45) is 1.22. The van der Waals surface area contributed by atoms with Crippen LogP contribution >= 0.6 is 0 Å². The lowest BCUT2D eigenvalue weighted by Crippen LogP contribution is -2.63. The molecular weight excluding hydrogens is 298 g/mol. The Kier molecular flexibility index (Phi) is 4.72. The summed E-state index contributed by atoms with van der Waals surface area (Å²) in [5.74, 6) is 1.70. The van der Waals surface area contributed by atoms with Gasteiger partial charge in [-0.2, -0.15) is 0 Å². The molecule has 130 valence electrons. The second-order valence-corrected chi connectivity index (χ2v) is 7.26. The van der Waals surface area contributed by atoms with E-state index in [1.807, 2.05) is 7.05 Å². The number of nitrogens with one attached hydrogen (secondary N) is 1. The van der Waals surface area contributed by atoms with Crippen LogP contribution in [0.4, 0.5) is 0 Å². The smallest absolute Gasteiger partial charge is 0.193 e. The molecule has 0 radical (unpaired) electrons.